The van der Waals surface area contributed by atoms with Crippen LogP contribution in [0.25, 0.3) is 11.3 Å². The zero-order valence-corrected chi connectivity index (χ0v) is 17.6. The molecule has 0 radical (unpaired) electrons. The van der Waals surface area contributed by atoms with E-state index in [1.807, 2.05) is 6.07 Å². The van der Waals surface area contributed by atoms with E-state index in [0.717, 1.165) is 24.0 Å². The molecule has 1 heterocycles. The molecule has 2 aromatic rings. The molecular formula is C24H34FNO2. The SMILES string of the molecule is CCCCCCCCCc1ccc(-c2cc(F)c(C(=O)OCC)[nH]2)c(CC)c1. The second-order valence-electron chi connectivity index (χ2n) is 7.34. The molecule has 0 unspecified atom stereocenters. The molecule has 1 N–H and O–H groups in total. The number of rotatable bonds is 12. The fourth-order valence-corrected chi connectivity index (χ4v) is 3.57. The molecule has 4 heteroatoms. The molecule has 0 aliphatic rings. The van der Waals surface area contributed by atoms with Crippen molar-refractivity contribution in [2.24, 2.45) is 0 Å². The van der Waals surface area contributed by atoms with Crippen LogP contribution in [-0.4, -0.2) is 17.6 Å². The van der Waals surface area contributed by atoms with Gasteiger partial charge >= 0.3 is 5.97 Å². The lowest BCUT2D eigenvalue weighted by molar-refractivity contribution is 0.0515. The zero-order valence-electron chi connectivity index (χ0n) is 17.6. The van der Waals surface area contributed by atoms with Crippen LogP contribution in [0.15, 0.2) is 24.3 Å². The number of esters is 1. The Morgan fingerprint density at radius 1 is 1.00 bits per heavy atom. The summed E-state index contributed by atoms with van der Waals surface area (Å²) >= 11 is 0. The highest BCUT2D eigenvalue weighted by molar-refractivity contribution is 5.89. The predicted molar refractivity (Wildman–Crippen MR) is 113 cm³/mol. The Bertz CT molecular complexity index is 751. The van der Waals surface area contributed by atoms with Crippen molar-refractivity contribution in [3.05, 3.63) is 46.9 Å². The second kappa shape index (κ2) is 11.7. The quantitative estimate of drug-likeness (QED) is 0.319. The standard InChI is InChI=1S/C24H34FNO2/c1-4-7-8-9-10-11-12-13-18-14-15-20(19(5-2)16-18)22-17-21(25)23(26-22)24(27)28-6-3/h14-17,26H,4-13H2,1-3H3. The summed E-state index contributed by atoms with van der Waals surface area (Å²) in [5.74, 6) is -1.22. The fraction of sp³-hybridized carbons (Fsp3) is 0.542. The third kappa shape index (κ3) is 6.22. The minimum atomic E-state index is -0.653. The molecule has 1 aromatic heterocycles. The largest absolute Gasteiger partial charge is 0.461 e. The number of aromatic amines is 1. The fourth-order valence-electron chi connectivity index (χ4n) is 3.57. The lowest BCUT2D eigenvalue weighted by atomic mass is 9.97. The summed E-state index contributed by atoms with van der Waals surface area (Å²) in [4.78, 5) is 14.8. The van der Waals surface area contributed by atoms with Crippen molar-refractivity contribution in [3.8, 4) is 11.3 Å². The van der Waals surface area contributed by atoms with Crippen molar-refractivity contribution in [1.82, 2.24) is 4.98 Å². The number of ether oxygens (including phenoxy) is 1. The van der Waals surface area contributed by atoms with Gasteiger partial charge in [-0.1, -0.05) is 70.6 Å². The van der Waals surface area contributed by atoms with Gasteiger partial charge in [-0.15, -0.1) is 0 Å². The van der Waals surface area contributed by atoms with Crippen LogP contribution in [0.1, 0.15) is 87.3 Å². The van der Waals surface area contributed by atoms with Crippen LogP contribution in [0.4, 0.5) is 4.39 Å². The highest BCUT2D eigenvalue weighted by Gasteiger charge is 2.18. The van der Waals surface area contributed by atoms with E-state index in [1.54, 1.807) is 6.92 Å². The van der Waals surface area contributed by atoms with Crippen LogP contribution in [0.2, 0.25) is 0 Å². The normalized spacial score (nSPS) is 11.0. The van der Waals surface area contributed by atoms with E-state index in [0.29, 0.717) is 5.69 Å². The Morgan fingerprint density at radius 2 is 1.71 bits per heavy atom. The molecule has 0 aliphatic carbocycles. The number of benzene rings is 1. The van der Waals surface area contributed by atoms with E-state index in [2.05, 4.69) is 31.0 Å². The zero-order chi connectivity index (χ0) is 20.4. The molecule has 1 aromatic carbocycles. The van der Waals surface area contributed by atoms with E-state index >= 15 is 0 Å². The van der Waals surface area contributed by atoms with E-state index < -0.39 is 11.8 Å². The van der Waals surface area contributed by atoms with Crippen molar-refractivity contribution in [2.75, 3.05) is 6.61 Å². The van der Waals surface area contributed by atoms with E-state index in [9.17, 15) is 9.18 Å². The summed E-state index contributed by atoms with van der Waals surface area (Å²) in [7, 11) is 0. The number of halogens is 1. The molecule has 0 fully saturated rings. The number of unbranched alkanes of at least 4 members (excludes halogenated alkanes) is 6. The van der Waals surface area contributed by atoms with Crippen LogP contribution < -0.4 is 0 Å². The molecule has 28 heavy (non-hydrogen) atoms. The van der Waals surface area contributed by atoms with Crippen LogP contribution in [0.3, 0.4) is 0 Å². The summed E-state index contributed by atoms with van der Waals surface area (Å²) in [5.41, 5.74) is 3.95. The van der Waals surface area contributed by atoms with Crippen LogP contribution in [0, 0.1) is 5.82 Å². The Hall–Kier alpha value is -2.10. The molecule has 154 valence electrons. The Balaban J connectivity index is 2.01. The number of aromatic nitrogens is 1. The lowest BCUT2D eigenvalue weighted by Crippen LogP contribution is -2.06. The predicted octanol–water partition coefficient (Wildman–Crippen LogP) is 6.85. The van der Waals surface area contributed by atoms with Gasteiger partial charge in [-0.25, -0.2) is 9.18 Å². The van der Waals surface area contributed by atoms with Crippen molar-refractivity contribution in [2.45, 2.75) is 78.6 Å². The Labute approximate surface area is 168 Å². The van der Waals surface area contributed by atoms with Crippen molar-refractivity contribution >= 4 is 5.97 Å². The minimum Gasteiger partial charge on any atom is -0.461 e. The molecule has 0 aliphatic heterocycles. The maximum Gasteiger partial charge on any atom is 0.357 e. The molecule has 0 spiro atoms. The van der Waals surface area contributed by atoms with Gasteiger partial charge in [-0.3, -0.25) is 0 Å². The summed E-state index contributed by atoms with van der Waals surface area (Å²) in [6, 6.07) is 7.76. The lowest BCUT2D eigenvalue weighted by Gasteiger charge is -2.10. The number of aryl methyl sites for hydroxylation is 2. The third-order valence-electron chi connectivity index (χ3n) is 5.16. The maximum atomic E-state index is 14.2. The topological polar surface area (TPSA) is 42.1 Å². The first-order valence-corrected chi connectivity index (χ1v) is 10.8. The molecular weight excluding hydrogens is 353 g/mol. The first-order valence-electron chi connectivity index (χ1n) is 10.8. The molecule has 0 amide bonds. The molecule has 0 saturated heterocycles. The molecule has 0 saturated carbocycles. The number of carbonyl (C=O) groups excluding carboxylic acids is 1. The van der Waals surface area contributed by atoms with E-state index in [4.69, 9.17) is 4.74 Å². The van der Waals surface area contributed by atoms with Crippen molar-refractivity contribution < 1.29 is 13.9 Å². The number of nitrogens with one attached hydrogen (secondary N) is 1. The van der Waals surface area contributed by atoms with Gasteiger partial charge in [0.2, 0.25) is 0 Å². The van der Waals surface area contributed by atoms with Gasteiger partial charge in [0, 0.05) is 17.3 Å². The average Bonchev–Trinajstić information content (AvgIpc) is 3.09. The summed E-state index contributed by atoms with van der Waals surface area (Å²) in [6.07, 6.45) is 11.1. The van der Waals surface area contributed by atoms with Crippen molar-refractivity contribution in [3.63, 3.8) is 0 Å². The maximum absolute atomic E-state index is 14.2. The van der Waals surface area contributed by atoms with Gasteiger partial charge in [0.1, 0.15) is 0 Å². The summed E-state index contributed by atoms with van der Waals surface area (Å²) < 4.78 is 19.1. The number of hydrogen-bond acceptors (Lipinski definition) is 2. The van der Waals surface area contributed by atoms with E-state index in [-0.39, 0.29) is 12.3 Å². The molecule has 0 atom stereocenters. The highest BCUT2D eigenvalue weighted by Crippen LogP contribution is 2.27. The van der Waals surface area contributed by atoms with Gasteiger partial charge in [0.05, 0.1) is 6.61 Å². The third-order valence-corrected chi connectivity index (χ3v) is 5.16. The minimum absolute atomic E-state index is 0.106. The van der Waals surface area contributed by atoms with Gasteiger partial charge in [0.25, 0.3) is 0 Å². The average molecular weight is 388 g/mol. The van der Waals surface area contributed by atoms with Crippen molar-refractivity contribution in [1.29, 1.82) is 0 Å². The smallest absolute Gasteiger partial charge is 0.357 e. The van der Waals surface area contributed by atoms with Gasteiger partial charge in [0.15, 0.2) is 11.5 Å². The van der Waals surface area contributed by atoms with Gasteiger partial charge in [-0.05, 0) is 37.3 Å². The monoisotopic (exact) mass is 387 g/mol. The summed E-state index contributed by atoms with van der Waals surface area (Å²) in [6.45, 7) is 6.27. The number of carbonyl (C=O) groups is 1. The van der Waals surface area contributed by atoms with Crippen LogP contribution in [-0.2, 0) is 17.6 Å². The molecule has 3 nitrogen and oxygen atoms in total. The van der Waals surface area contributed by atoms with Crippen LogP contribution in [0.5, 0.6) is 0 Å². The first-order chi connectivity index (χ1) is 13.6. The highest BCUT2D eigenvalue weighted by atomic mass is 19.1. The molecule has 2 rings (SSSR count). The first kappa shape index (κ1) is 22.2. The van der Waals surface area contributed by atoms with Gasteiger partial charge < -0.3 is 9.72 Å². The summed E-state index contributed by atoms with van der Waals surface area (Å²) in [5, 5.41) is 0. The number of H-pyrrole nitrogens is 1. The molecule has 0 bridgehead atoms. The van der Waals surface area contributed by atoms with Crippen LogP contribution >= 0.6 is 0 Å². The second-order valence-corrected chi connectivity index (χ2v) is 7.34. The van der Waals surface area contributed by atoms with E-state index in [1.165, 1.54) is 56.6 Å². The van der Waals surface area contributed by atoms with Gasteiger partial charge in [-0.2, -0.15) is 0 Å². The Morgan fingerprint density at radius 3 is 2.39 bits per heavy atom. The Kier molecular flexibility index (Phi) is 9.26. The number of hydrogen-bond donors (Lipinski definition) is 1.